The zero-order valence-corrected chi connectivity index (χ0v) is 10.4. The largest absolute Gasteiger partial charge is 0.388 e. The number of nitrogens with two attached hydrogens (primary N) is 1. The van der Waals surface area contributed by atoms with Crippen LogP contribution < -0.4 is 5.73 Å². The summed E-state index contributed by atoms with van der Waals surface area (Å²) in [4.78, 5) is -0.182. The minimum absolute atomic E-state index is 0.121. The molecule has 1 rings (SSSR count). The molecule has 0 bridgehead atoms. The summed E-state index contributed by atoms with van der Waals surface area (Å²) in [5, 5.41) is 7.29. The van der Waals surface area contributed by atoms with Crippen LogP contribution in [-0.2, 0) is 4.74 Å². The number of alkyl halides is 2. The Morgan fingerprint density at radius 1 is 1.59 bits per heavy atom. The molecule has 96 valence electrons. The van der Waals surface area contributed by atoms with Gasteiger partial charge in [-0.1, -0.05) is 24.4 Å². The van der Waals surface area contributed by atoms with Crippen LogP contribution in [0.3, 0.4) is 0 Å². The minimum atomic E-state index is -2.73. The Hall–Kier alpha value is -1.15. The summed E-state index contributed by atoms with van der Waals surface area (Å²) in [6.45, 7) is 2.12. The van der Waals surface area contributed by atoms with Gasteiger partial charge in [-0.2, -0.15) is 0 Å². The van der Waals surface area contributed by atoms with Gasteiger partial charge >= 0.3 is 0 Å². The van der Waals surface area contributed by atoms with Gasteiger partial charge in [0.05, 0.1) is 12.6 Å². The molecule has 17 heavy (non-hydrogen) atoms. The maximum Gasteiger partial charge on any atom is 0.282 e. The molecule has 2 N–H and O–H groups in total. The van der Waals surface area contributed by atoms with Crippen molar-refractivity contribution in [2.45, 2.75) is 25.8 Å². The molecule has 1 unspecified atom stereocenters. The van der Waals surface area contributed by atoms with E-state index in [1.165, 1.54) is 7.11 Å². The van der Waals surface area contributed by atoms with Gasteiger partial charge in [-0.25, -0.2) is 13.5 Å². The van der Waals surface area contributed by atoms with E-state index in [1.807, 2.05) is 6.92 Å². The van der Waals surface area contributed by atoms with Crippen LogP contribution in [0.5, 0.6) is 0 Å². The van der Waals surface area contributed by atoms with Gasteiger partial charge in [0.25, 0.3) is 6.43 Å². The molecule has 0 aromatic carbocycles. The third kappa shape index (κ3) is 2.95. The Bertz CT molecular complexity index is 396. The van der Waals surface area contributed by atoms with Crippen molar-refractivity contribution < 1.29 is 13.5 Å². The predicted molar refractivity (Wildman–Crippen MR) is 62.1 cm³/mol. The van der Waals surface area contributed by atoms with E-state index in [0.717, 1.165) is 4.68 Å². The molecular weight excluding hydrogens is 250 g/mol. The number of nitrogens with zero attached hydrogens (tertiary/aromatic N) is 3. The highest BCUT2D eigenvalue weighted by Crippen LogP contribution is 2.25. The summed E-state index contributed by atoms with van der Waals surface area (Å²) in [5.41, 5.74) is 4.87. The van der Waals surface area contributed by atoms with Crippen molar-refractivity contribution in [1.82, 2.24) is 15.0 Å². The van der Waals surface area contributed by atoms with Crippen LogP contribution in [0.15, 0.2) is 0 Å². The van der Waals surface area contributed by atoms with Crippen molar-refractivity contribution in [2.75, 3.05) is 13.7 Å². The molecule has 0 spiro atoms. The summed E-state index contributed by atoms with van der Waals surface area (Å²) in [5.74, 6) is 0. The Morgan fingerprint density at radius 2 is 2.24 bits per heavy atom. The maximum atomic E-state index is 13.0. The fourth-order valence-electron chi connectivity index (χ4n) is 1.50. The number of ether oxygens (including phenoxy) is 1. The standard InChI is InChI=1S/C9H14F2N4OS/c1-3-5(4-16-2)15-7(8(10)11)6(9(12)17)13-14-15/h5,8H,3-4H2,1-2H3,(H2,12,17). The molecule has 1 aromatic heterocycles. The third-order valence-electron chi connectivity index (χ3n) is 2.35. The second kappa shape index (κ2) is 5.97. The van der Waals surface area contributed by atoms with Crippen LogP contribution in [0.25, 0.3) is 0 Å². The normalized spacial score (nSPS) is 13.0. The molecule has 1 heterocycles. The zero-order chi connectivity index (χ0) is 13.0. The van der Waals surface area contributed by atoms with Crippen molar-refractivity contribution >= 4 is 17.2 Å². The highest BCUT2D eigenvalue weighted by molar-refractivity contribution is 7.80. The highest BCUT2D eigenvalue weighted by atomic mass is 32.1. The van der Waals surface area contributed by atoms with Gasteiger partial charge in [-0.05, 0) is 6.42 Å². The van der Waals surface area contributed by atoms with Crippen molar-refractivity contribution in [3.8, 4) is 0 Å². The summed E-state index contributed by atoms with van der Waals surface area (Å²) in [7, 11) is 1.50. The SMILES string of the molecule is CCC(COC)n1nnc(C(N)=S)c1C(F)F. The first kappa shape index (κ1) is 13.9. The summed E-state index contributed by atoms with van der Waals surface area (Å²) >= 11 is 4.67. The minimum Gasteiger partial charge on any atom is -0.388 e. The topological polar surface area (TPSA) is 66.0 Å². The summed E-state index contributed by atoms with van der Waals surface area (Å²) < 4.78 is 32.0. The lowest BCUT2D eigenvalue weighted by Gasteiger charge is -2.16. The van der Waals surface area contributed by atoms with E-state index < -0.39 is 6.43 Å². The van der Waals surface area contributed by atoms with Crippen LogP contribution in [0.1, 0.15) is 37.2 Å². The van der Waals surface area contributed by atoms with Crippen LogP contribution >= 0.6 is 12.2 Å². The van der Waals surface area contributed by atoms with Crippen molar-refractivity contribution in [1.29, 1.82) is 0 Å². The van der Waals surface area contributed by atoms with E-state index in [2.05, 4.69) is 22.5 Å². The Balaban J connectivity index is 3.19. The fourth-order valence-corrected chi connectivity index (χ4v) is 1.65. The molecule has 1 aromatic rings. The Morgan fingerprint density at radius 3 is 2.65 bits per heavy atom. The number of rotatable bonds is 6. The van der Waals surface area contributed by atoms with Gasteiger partial charge in [0.15, 0.2) is 0 Å². The maximum absolute atomic E-state index is 13.0. The van der Waals surface area contributed by atoms with E-state index in [4.69, 9.17) is 10.5 Å². The lowest BCUT2D eigenvalue weighted by atomic mass is 10.2. The van der Waals surface area contributed by atoms with Crippen LogP contribution in [0.4, 0.5) is 8.78 Å². The van der Waals surface area contributed by atoms with Gasteiger partial charge in [0.2, 0.25) is 0 Å². The molecule has 0 saturated carbocycles. The van der Waals surface area contributed by atoms with Crippen molar-refractivity contribution in [3.63, 3.8) is 0 Å². The molecule has 0 aliphatic carbocycles. The smallest absolute Gasteiger partial charge is 0.282 e. The van der Waals surface area contributed by atoms with Gasteiger partial charge in [-0.3, -0.25) is 0 Å². The highest BCUT2D eigenvalue weighted by Gasteiger charge is 2.26. The van der Waals surface area contributed by atoms with Gasteiger partial charge in [0, 0.05) is 7.11 Å². The molecule has 0 saturated heterocycles. The number of halogens is 2. The van der Waals surface area contributed by atoms with Gasteiger partial charge in [-0.15, -0.1) is 5.10 Å². The first-order valence-electron chi connectivity index (χ1n) is 5.04. The number of hydrogen-bond acceptors (Lipinski definition) is 4. The number of hydrogen-bond donors (Lipinski definition) is 1. The fraction of sp³-hybridized carbons (Fsp3) is 0.667. The molecule has 0 amide bonds. The van der Waals surface area contributed by atoms with Crippen LogP contribution in [0.2, 0.25) is 0 Å². The van der Waals surface area contributed by atoms with E-state index in [1.54, 1.807) is 0 Å². The average molecular weight is 264 g/mol. The quantitative estimate of drug-likeness (QED) is 0.788. The average Bonchev–Trinajstić information content (AvgIpc) is 2.70. The molecule has 0 aliphatic heterocycles. The Labute approximate surface area is 103 Å². The van der Waals surface area contributed by atoms with Crippen molar-refractivity contribution in [2.24, 2.45) is 5.73 Å². The van der Waals surface area contributed by atoms with E-state index in [-0.39, 0.29) is 29.0 Å². The van der Waals surface area contributed by atoms with E-state index in [0.29, 0.717) is 6.42 Å². The van der Waals surface area contributed by atoms with Gasteiger partial charge < -0.3 is 10.5 Å². The van der Waals surface area contributed by atoms with E-state index >= 15 is 0 Å². The number of aromatic nitrogens is 3. The monoisotopic (exact) mass is 264 g/mol. The summed E-state index contributed by atoms with van der Waals surface area (Å²) in [6, 6.07) is -0.306. The predicted octanol–water partition coefficient (Wildman–Crippen LogP) is 1.45. The first-order chi connectivity index (χ1) is 8.02. The molecule has 0 fully saturated rings. The molecule has 0 radical (unpaired) electrons. The first-order valence-corrected chi connectivity index (χ1v) is 5.45. The second-order valence-electron chi connectivity index (χ2n) is 3.45. The van der Waals surface area contributed by atoms with Crippen LogP contribution in [-0.4, -0.2) is 33.7 Å². The Kier molecular flexibility index (Phi) is 4.88. The molecule has 8 heteroatoms. The second-order valence-corrected chi connectivity index (χ2v) is 3.89. The van der Waals surface area contributed by atoms with E-state index in [9.17, 15) is 8.78 Å². The van der Waals surface area contributed by atoms with Gasteiger partial charge in [0.1, 0.15) is 16.4 Å². The summed E-state index contributed by atoms with van der Waals surface area (Å²) in [6.07, 6.45) is -2.14. The van der Waals surface area contributed by atoms with Crippen LogP contribution in [0, 0.1) is 0 Å². The lowest BCUT2D eigenvalue weighted by Crippen LogP contribution is -2.20. The number of thiocarbonyl (C=S) groups is 1. The van der Waals surface area contributed by atoms with Crippen molar-refractivity contribution in [3.05, 3.63) is 11.4 Å². The molecule has 0 aliphatic rings. The molecule has 5 nitrogen and oxygen atoms in total. The molecular formula is C9H14F2N4OS. The lowest BCUT2D eigenvalue weighted by molar-refractivity contribution is 0.114. The molecule has 1 atom stereocenters. The zero-order valence-electron chi connectivity index (χ0n) is 9.56. The number of methoxy groups -OCH3 is 1. The third-order valence-corrected chi connectivity index (χ3v) is 2.54.